The van der Waals surface area contributed by atoms with E-state index in [0.29, 0.717) is 5.57 Å². The number of carbonyl (C=O) groups is 1. The minimum absolute atomic E-state index is 0.0305. The first-order chi connectivity index (χ1) is 7.52. The highest BCUT2D eigenvalue weighted by molar-refractivity contribution is 6.18. The number of Topliss-reactive ketones (excluding diaryl/α,β-unsaturated/α-hetero) is 1. The molecule has 16 heavy (non-hydrogen) atoms. The van der Waals surface area contributed by atoms with Gasteiger partial charge in [-0.1, -0.05) is 18.7 Å². The van der Waals surface area contributed by atoms with Crippen molar-refractivity contribution in [1.82, 2.24) is 0 Å². The molecule has 0 aliphatic carbocycles. The van der Waals surface area contributed by atoms with Crippen LogP contribution >= 0.6 is 11.6 Å². The molecule has 0 aliphatic rings. The molecule has 1 atom stereocenters. The topological polar surface area (TPSA) is 46.5 Å². The number of aliphatic hydroxyl groups is 1. The van der Waals surface area contributed by atoms with Gasteiger partial charge in [0.1, 0.15) is 18.5 Å². The standard InChI is InChI=1S/C12H17ClO3/c1-4-5-6-12(9(2)14)10(3)16-8-11(15)7-13/h4-6,11,15H,3,7-8H2,1-2H3. The highest BCUT2D eigenvalue weighted by Crippen LogP contribution is 2.11. The zero-order valence-corrected chi connectivity index (χ0v) is 10.3. The summed E-state index contributed by atoms with van der Waals surface area (Å²) in [5, 5.41) is 9.19. The van der Waals surface area contributed by atoms with E-state index in [-0.39, 0.29) is 24.0 Å². The zero-order valence-electron chi connectivity index (χ0n) is 9.57. The SMILES string of the molecule is C=C(OCC(O)CCl)C(=CC=CC)C(C)=O. The van der Waals surface area contributed by atoms with E-state index < -0.39 is 6.10 Å². The van der Waals surface area contributed by atoms with Gasteiger partial charge in [0.2, 0.25) is 0 Å². The van der Waals surface area contributed by atoms with E-state index in [4.69, 9.17) is 16.3 Å². The van der Waals surface area contributed by atoms with Crippen LogP contribution in [-0.2, 0) is 9.53 Å². The van der Waals surface area contributed by atoms with Crippen LogP contribution in [0.5, 0.6) is 0 Å². The molecule has 3 nitrogen and oxygen atoms in total. The fraction of sp³-hybridized carbons (Fsp3) is 0.417. The van der Waals surface area contributed by atoms with E-state index in [1.165, 1.54) is 6.92 Å². The number of hydrogen-bond acceptors (Lipinski definition) is 3. The van der Waals surface area contributed by atoms with Crippen LogP contribution in [0.2, 0.25) is 0 Å². The Morgan fingerprint density at radius 3 is 2.69 bits per heavy atom. The number of alkyl halides is 1. The number of aliphatic hydroxyl groups excluding tert-OH is 1. The van der Waals surface area contributed by atoms with Crippen LogP contribution in [-0.4, -0.2) is 29.5 Å². The van der Waals surface area contributed by atoms with Crippen LogP contribution in [0.1, 0.15) is 13.8 Å². The fourth-order valence-corrected chi connectivity index (χ4v) is 1.01. The Morgan fingerprint density at radius 1 is 1.62 bits per heavy atom. The lowest BCUT2D eigenvalue weighted by atomic mass is 10.1. The van der Waals surface area contributed by atoms with Gasteiger partial charge in [0.15, 0.2) is 5.78 Å². The Morgan fingerprint density at radius 2 is 2.25 bits per heavy atom. The highest BCUT2D eigenvalue weighted by atomic mass is 35.5. The summed E-state index contributed by atoms with van der Waals surface area (Å²) in [5.74, 6) is 0.194. The summed E-state index contributed by atoms with van der Waals surface area (Å²) in [7, 11) is 0. The van der Waals surface area contributed by atoms with Crippen molar-refractivity contribution in [1.29, 1.82) is 0 Å². The Labute approximate surface area is 101 Å². The van der Waals surface area contributed by atoms with Gasteiger partial charge >= 0.3 is 0 Å². The van der Waals surface area contributed by atoms with Gasteiger partial charge in [-0.3, -0.25) is 4.79 Å². The van der Waals surface area contributed by atoms with Crippen molar-refractivity contribution in [2.75, 3.05) is 12.5 Å². The van der Waals surface area contributed by atoms with Crippen molar-refractivity contribution in [2.24, 2.45) is 0 Å². The largest absolute Gasteiger partial charge is 0.491 e. The van der Waals surface area contributed by atoms with Crippen molar-refractivity contribution in [3.63, 3.8) is 0 Å². The molecule has 0 fully saturated rings. The average Bonchev–Trinajstić information content (AvgIpc) is 2.25. The summed E-state index contributed by atoms with van der Waals surface area (Å²) in [6.07, 6.45) is 4.39. The Kier molecular flexibility index (Phi) is 7.60. The second-order valence-electron chi connectivity index (χ2n) is 3.20. The lowest BCUT2D eigenvalue weighted by Crippen LogP contribution is -2.17. The summed E-state index contributed by atoms with van der Waals surface area (Å²) in [5.41, 5.74) is 0.389. The molecule has 0 aliphatic heterocycles. The zero-order chi connectivity index (χ0) is 12.6. The van der Waals surface area contributed by atoms with Crippen molar-refractivity contribution in [3.8, 4) is 0 Å². The average molecular weight is 245 g/mol. The molecule has 1 unspecified atom stereocenters. The molecule has 0 amide bonds. The molecule has 0 radical (unpaired) electrons. The molecular formula is C12H17ClO3. The summed E-state index contributed by atoms with van der Waals surface area (Å²) < 4.78 is 5.16. The van der Waals surface area contributed by atoms with E-state index in [0.717, 1.165) is 0 Å². The quantitative estimate of drug-likeness (QED) is 0.323. The van der Waals surface area contributed by atoms with Gasteiger partial charge in [-0.25, -0.2) is 0 Å². The van der Waals surface area contributed by atoms with Crippen molar-refractivity contribution in [3.05, 3.63) is 36.1 Å². The molecule has 0 aromatic carbocycles. The van der Waals surface area contributed by atoms with Gasteiger partial charge in [0.25, 0.3) is 0 Å². The molecule has 0 rings (SSSR count). The first kappa shape index (κ1) is 14.9. The van der Waals surface area contributed by atoms with Crippen LogP contribution in [0, 0.1) is 0 Å². The van der Waals surface area contributed by atoms with Crippen molar-refractivity contribution in [2.45, 2.75) is 20.0 Å². The normalized spacial score (nSPS) is 13.9. The fourth-order valence-electron chi connectivity index (χ4n) is 0.918. The monoisotopic (exact) mass is 244 g/mol. The van der Waals surface area contributed by atoms with E-state index >= 15 is 0 Å². The number of ketones is 1. The van der Waals surface area contributed by atoms with Gasteiger partial charge in [-0.2, -0.15) is 0 Å². The third kappa shape index (κ3) is 5.73. The number of rotatable bonds is 7. The first-order valence-electron chi connectivity index (χ1n) is 4.93. The molecular weight excluding hydrogens is 228 g/mol. The second-order valence-corrected chi connectivity index (χ2v) is 3.51. The molecule has 0 saturated heterocycles. The minimum atomic E-state index is -0.756. The van der Waals surface area contributed by atoms with Gasteiger partial charge in [0.05, 0.1) is 11.5 Å². The number of allylic oxidation sites excluding steroid dienone is 4. The number of halogens is 1. The third-order valence-corrected chi connectivity index (χ3v) is 2.12. The smallest absolute Gasteiger partial charge is 0.163 e. The second kappa shape index (κ2) is 8.13. The molecule has 0 saturated carbocycles. The summed E-state index contributed by atoms with van der Waals surface area (Å²) >= 11 is 5.41. The van der Waals surface area contributed by atoms with E-state index in [9.17, 15) is 9.90 Å². The van der Waals surface area contributed by atoms with Gasteiger partial charge in [0, 0.05) is 0 Å². The minimum Gasteiger partial charge on any atom is -0.491 e. The van der Waals surface area contributed by atoms with Crippen LogP contribution in [0.25, 0.3) is 0 Å². The summed E-state index contributed by atoms with van der Waals surface area (Å²) in [4.78, 5) is 11.3. The Hall–Kier alpha value is -1.06. The molecule has 4 heteroatoms. The first-order valence-corrected chi connectivity index (χ1v) is 5.46. The molecule has 0 bridgehead atoms. The van der Waals surface area contributed by atoms with Crippen LogP contribution in [0.15, 0.2) is 36.1 Å². The summed E-state index contributed by atoms with van der Waals surface area (Å²) in [6, 6.07) is 0. The predicted molar refractivity (Wildman–Crippen MR) is 65.4 cm³/mol. The maximum Gasteiger partial charge on any atom is 0.163 e. The van der Waals surface area contributed by atoms with Crippen molar-refractivity contribution < 1.29 is 14.6 Å². The van der Waals surface area contributed by atoms with Gasteiger partial charge in [-0.15, -0.1) is 11.6 Å². The van der Waals surface area contributed by atoms with Crippen LogP contribution < -0.4 is 0 Å². The molecule has 0 aromatic heterocycles. The summed E-state index contributed by atoms with van der Waals surface area (Å²) in [6.45, 7) is 6.94. The van der Waals surface area contributed by atoms with Crippen LogP contribution in [0.3, 0.4) is 0 Å². The van der Waals surface area contributed by atoms with Gasteiger partial charge < -0.3 is 9.84 Å². The Bertz CT molecular complexity index is 305. The Balaban J connectivity index is 4.47. The third-order valence-electron chi connectivity index (χ3n) is 1.76. The molecule has 90 valence electrons. The lowest BCUT2D eigenvalue weighted by Gasteiger charge is -2.12. The lowest BCUT2D eigenvalue weighted by molar-refractivity contribution is -0.113. The predicted octanol–water partition coefficient (Wildman–Crippen LogP) is 2.21. The molecule has 0 spiro atoms. The molecule has 0 aromatic rings. The maximum atomic E-state index is 11.3. The van der Waals surface area contributed by atoms with E-state index in [1.54, 1.807) is 18.2 Å². The van der Waals surface area contributed by atoms with Gasteiger partial charge in [-0.05, 0) is 19.9 Å². The number of ether oxygens (including phenoxy) is 1. The number of carbonyl (C=O) groups excluding carboxylic acids is 1. The van der Waals surface area contributed by atoms with E-state index in [1.807, 2.05) is 6.92 Å². The highest BCUT2D eigenvalue weighted by Gasteiger charge is 2.10. The number of hydrogen-bond donors (Lipinski definition) is 1. The molecule has 0 heterocycles. The van der Waals surface area contributed by atoms with E-state index in [2.05, 4.69) is 6.58 Å². The van der Waals surface area contributed by atoms with Crippen molar-refractivity contribution >= 4 is 17.4 Å². The maximum absolute atomic E-state index is 11.3. The van der Waals surface area contributed by atoms with Crippen LogP contribution in [0.4, 0.5) is 0 Å². The molecule has 1 N–H and O–H groups in total.